The maximum absolute atomic E-state index is 12.4. The summed E-state index contributed by atoms with van der Waals surface area (Å²) in [6, 6.07) is 0. The summed E-state index contributed by atoms with van der Waals surface area (Å²) < 4.78 is 0. The van der Waals surface area contributed by atoms with Gasteiger partial charge in [0.05, 0.1) is 5.39 Å². The molecule has 2 fully saturated rings. The number of thiophene rings is 1. The van der Waals surface area contributed by atoms with Gasteiger partial charge in [-0.15, -0.1) is 11.3 Å². The summed E-state index contributed by atoms with van der Waals surface area (Å²) in [5.74, 6) is 3.37. The SMILES string of the molecule is Cc1sc2nc(C3CC3)nc(N3CCN(C(=O)CC(C)C)CC3)c2c1C. The average molecular weight is 373 g/mol. The van der Waals surface area contributed by atoms with Crippen LogP contribution >= 0.6 is 11.3 Å². The summed E-state index contributed by atoms with van der Waals surface area (Å²) in [5, 5.41) is 1.22. The number of hydrogen-bond acceptors (Lipinski definition) is 5. The lowest BCUT2D eigenvalue weighted by Gasteiger charge is -2.36. The van der Waals surface area contributed by atoms with Gasteiger partial charge >= 0.3 is 0 Å². The quantitative estimate of drug-likeness (QED) is 0.817. The second-order valence-corrected chi connectivity index (χ2v) is 9.31. The van der Waals surface area contributed by atoms with Gasteiger partial charge in [0.1, 0.15) is 16.5 Å². The first-order valence-electron chi connectivity index (χ1n) is 9.74. The molecule has 2 aliphatic rings. The first kappa shape index (κ1) is 17.7. The molecule has 1 aliphatic heterocycles. The van der Waals surface area contributed by atoms with Gasteiger partial charge in [-0.25, -0.2) is 9.97 Å². The zero-order valence-electron chi connectivity index (χ0n) is 16.2. The second kappa shape index (κ2) is 6.80. The van der Waals surface area contributed by atoms with Crippen LogP contribution in [0.2, 0.25) is 0 Å². The highest BCUT2D eigenvalue weighted by Crippen LogP contribution is 2.42. The van der Waals surface area contributed by atoms with Gasteiger partial charge in [-0.1, -0.05) is 13.8 Å². The van der Waals surface area contributed by atoms with Crippen molar-refractivity contribution in [2.75, 3.05) is 31.1 Å². The largest absolute Gasteiger partial charge is 0.352 e. The molecule has 0 spiro atoms. The van der Waals surface area contributed by atoms with Crippen LogP contribution in [0, 0.1) is 19.8 Å². The highest BCUT2D eigenvalue weighted by Gasteiger charge is 2.30. The molecule has 2 aromatic rings. The van der Waals surface area contributed by atoms with Crippen molar-refractivity contribution in [1.82, 2.24) is 14.9 Å². The fourth-order valence-corrected chi connectivity index (χ4v) is 4.67. The van der Waals surface area contributed by atoms with E-state index < -0.39 is 0 Å². The number of carbonyl (C=O) groups is 1. The minimum Gasteiger partial charge on any atom is -0.352 e. The predicted molar refractivity (Wildman–Crippen MR) is 107 cm³/mol. The third-order valence-electron chi connectivity index (χ3n) is 5.48. The number of aryl methyl sites for hydroxylation is 2. The minimum absolute atomic E-state index is 0.286. The van der Waals surface area contributed by atoms with Gasteiger partial charge in [-0.05, 0) is 38.2 Å². The molecule has 0 N–H and O–H groups in total. The van der Waals surface area contributed by atoms with E-state index in [1.165, 1.54) is 28.7 Å². The molecule has 0 unspecified atom stereocenters. The molecule has 0 bridgehead atoms. The molecule has 0 atom stereocenters. The van der Waals surface area contributed by atoms with E-state index in [2.05, 4.69) is 32.6 Å². The van der Waals surface area contributed by atoms with Crippen LogP contribution in [0.3, 0.4) is 0 Å². The summed E-state index contributed by atoms with van der Waals surface area (Å²) in [6.07, 6.45) is 3.07. The van der Waals surface area contributed by atoms with Crippen LogP contribution in [-0.2, 0) is 4.79 Å². The van der Waals surface area contributed by atoms with E-state index in [1.54, 1.807) is 11.3 Å². The van der Waals surface area contributed by atoms with Gasteiger partial charge in [0.2, 0.25) is 5.91 Å². The molecule has 0 radical (unpaired) electrons. The standard InChI is InChI=1S/C20H28N4OS/c1-12(2)11-16(25)23-7-9-24(10-8-23)19-17-13(3)14(4)26-20(17)22-18(21-19)15-5-6-15/h12,15H,5-11H2,1-4H3. The van der Waals surface area contributed by atoms with Crippen molar-refractivity contribution in [1.29, 1.82) is 0 Å². The van der Waals surface area contributed by atoms with Crippen molar-refractivity contribution in [2.24, 2.45) is 5.92 Å². The lowest BCUT2D eigenvalue weighted by atomic mass is 10.1. The third kappa shape index (κ3) is 3.31. The molecule has 1 saturated carbocycles. The molecule has 4 rings (SSSR count). The molecule has 0 aromatic carbocycles. The Bertz CT molecular complexity index is 832. The minimum atomic E-state index is 0.286. The molecule has 2 aromatic heterocycles. The Balaban J connectivity index is 1.60. The Morgan fingerprint density at radius 2 is 1.85 bits per heavy atom. The molecule has 1 amide bonds. The Morgan fingerprint density at radius 3 is 2.46 bits per heavy atom. The Kier molecular flexibility index (Phi) is 4.63. The summed E-state index contributed by atoms with van der Waals surface area (Å²) >= 11 is 1.79. The predicted octanol–water partition coefficient (Wildman–Crippen LogP) is 3.88. The smallest absolute Gasteiger partial charge is 0.222 e. The molecular weight excluding hydrogens is 344 g/mol. The monoisotopic (exact) mass is 372 g/mol. The summed E-state index contributed by atoms with van der Waals surface area (Å²) in [5.41, 5.74) is 1.31. The van der Waals surface area contributed by atoms with Crippen molar-refractivity contribution in [3.63, 3.8) is 0 Å². The Labute approximate surface area is 159 Å². The fourth-order valence-electron chi connectivity index (χ4n) is 3.64. The highest BCUT2D eigenvalue weighted by atomic mass is 32.1. The fraction of sp³-hybridized carbons (Fsp3) is 0.650. The van der Waals surface area contributed by atoms with Crippen molar-refractivity contribution < 1.29 is 4.79 Å². The number of amides is 1. The molecular formula is C20H28N4OS. The van der Waals surface area contributed by atoms with Crippen molar-refractivity contribution in [2.45, 2.75) is 52.9 Å². The topological polar surface area (TPSA) is 49.3 Å². The van der Waals surface area contributed by atoms with Crippen molar-refractivity contribution in [3.8, 4) is 0 Å². The van der Waals surface area contributed by atoms with Crippen LogP contribution in [0.25, 0.3) is 10.2 Å². The maximum atomic E-state index is 12.4. The van der Waals surface area contributed by atoms with Crippen LogP contribution in [-0.4, -0.2) is 47.0 Å². The summed E-state index contributed by atoms with van der Waals surface area (Å²) in [4.78, 5) is 29.1. The van der Waals surface area contributed by atoms with Gasteiger partial charge in [-0.2, -0.15) is 0 Å². The number of aromatic nitrogens is 2. The lowest BCUT2D eigenvalue weighted by molar-refractivity contribution is -0.132. The molecule has 1 saturated heterocycles. The number of rotatable bonds is 4. The van der Waals surface area contributed by atoms with Gasteiger partial charge in [0.25, 0.3) is 0 Å². The van der Waals surface area contributed by atoms with Crippen molar-refractivity contribution >= 4 is 33.3 Å². The summed E-state index contributed by atoms with van der Waals surface area (Å²) in [6.45, 7) is 11.9. The average Bonchev–Trinajstić information content (AvgIpc) is 3.41. The van der Waals surface area contributed by atoms with E-state index in [0.29, 0.717) is 18.3 Å². The van der Waals surface area contributed by atoms with E-state index in [0.717, 1.165) is 42.7 Å². The number of fused-ring (bicyclic) bond motifs is 1. The van der Waals surface area contributed by atoms with Gasteiger partial charge < -0.3 is 9.80 Å². The molecule has 6 heteroatoms. The Hall–Kier alpha value is -1.69. The first-order chi connectivity index (χ1) is 12.4. The van der Waals surface area contributed by atoms with Gasteiger partial charge in [-0.3, -0.25) is 4.79 Å². The normalized spacial score (nSPS) is 18.2. The van der Waals surface area contributed by atoms with Crippen LogP contribution in [0.1, 0.15) is 55.3 Å². The Morgan fingerprint density at radius 1 is 1.15 bits per heavy atom. The van der Waals surface area contributed by atoms with E-state index in [4.69, 9.17) is 9.97 Å². The first-order valence-corrected chi connectivity index (χ1v) is 10.6. The lowest BCUT2D eigenvalue weighted by Crippen LogP contribution is -2.49. The molecule has 140 valence electrons. The third-order valence-corrected chi connectivity index (χ3v) is 6.59. The van der Waals surface area contributed by atoms with E-state index in [-0.39, 0.29) is 5.91 Å². The van der Waals surface area contributed by atoms with Gasteiger partial charge in [0, 0.05) is 43.4 Å². The summed E-state index contributed by atoms with van der Waals surface area (Å²) in [7, 11) is 0. The van der Waals surface area contributed by atoms with Crippen LogP contribution in [0.5, 0.6) is 0 Å². The molecule has 3 heterocycles. The van der Waals surface area contributed by atoms with Crippen LogP contribution in [0.4, 0.5) is 5.82 Å². The van der Waals surface area contributed by atoms with Crippen LogP contribution in [0.15, 0.2) is 0 Å². The molecule has 26 heavy (non-hydrogen) atoms. The molecule has 5 nitrogen and oxygen atoms in total. The van der Waals surface area contributed by atoms with Crippen molar-refractivity contribution in [3.05, 3.63) is 16.3 Å². The van der Waals surface area contributed by atoms with E-state index in [9.17, 15) is 4.79 Å². The zero-order chi connectivity index (χ0) is 18.4. The van der Waals surface area contributed by atoms with E-state index >= 15 is 0 Å². The maximum Gasteiger partial charge on any atom is 0.222 e. The van der Waals surface area contributed by atoms with E-state index in [1.807, 2.05) is 4.90 Å². The number of nitrogens with zero attached hydrogens (tertiary/aromatic N) is 4. The number of hydrogen-bond donors (Lipinski definition) is 0. The number of carbonyl (C=O) groups excluding carboxylic acids is 1. The van der Waals surface area contributed by atoms with Gasteiger partial charge in [0.15, 0.2) is 0 Å². The second-order valence-electron chi connectivity index (χ2n) is 8.11. The zero-order valence-corrected chi connectivity index (χ0v) is 17.0. The number of anilines is 1. The number of piperazine rings is 1. The van der Waals surface area contributed by atoms with Crippen LogP contribution < -0.4 is 4.90 Å². The molecule has 1 aliphatic carbocycles. The highest BCUT2D eigenvalue weighted by molar-refractivity contribution is 7.18.